The number of carbonyl (C=O) groups is 1. The number of rotatable bonds is 5. The molecule has 1 aromatic carbocycles. The number of nitrogens with zero attached hydrogens (tertiary/aromatic N) is 5. The van der Waals surface area contributed by atoms with Crippen LogP contribution in [0.5, 0.6) is 0 Å². The van der Waals surface area contributed by atoms with E-state index in [2.05, 4.69) is 10.1 Å². The Morgan fingerprint density at radius 3 is 2.48 bits per heavy atom. The molecule has 0 N–H and O–H groups in total. The van der Waals surface area contributed by atoms with Crippen molar-refractivity contribution in [3.8, 4) is 5.69 Å². The lowest BCUT2D eigenvalue weighted by atomic mass is 10.2. The van der Waals surface area contributed by atoms with Gasteiger partial charge in [0.25, 0.3) is 5.91 Å². The third-order valence-corrected chi connectivity index (χ3v) is 4.79. The summed E-state index contributed by atoms with van der Waals surface area (Å²) in [5, 5.41) is 4.97. The van der Waals surface area contributed by atoms with E-state index in [4.69, 9.17) is 11.6 Å². The van der Waals surface area contributed by atoms with E-state index in [-0.39, 0.29) is 18.3 Å². The van der Waals surface area contributed by atoms with E-state index in [1.54, 1.807) is 36.0 Å². The van der Waals surface area contributed by atoms with Crippen molar-refractivity contribution in [2.45, 2.75) is 26.9 Å². The minimum absolute atomic E-state index is 0.0228. The fourth-order valence-electron chi connectivity index (χ4n) is 2.77. The maximum Gasteiger partial charge on any atom is 0.319 e. The second kappa shape index (κ2) is 7.48. The molecule has 2 aromatic heterocycles. The van der Waals surface area contributed by atoms with E-state index in [0.29, 0.717) is 10.6 Å². The van der Waals surface area contributed by atoms with Gasteiger partial charge in [-0.05, 0) is 38.1 Å². The summed E-state index contributed by atoms with van der Waals surface area (Å²) in [5.41, 5.74) is 2.74. The second-order valence-electron chi connectivity index (χ2n) is 6.13. The Balaban J connectivity index is 1.77. The molecule has 0 atom stereocenters. The average molecular weight is 394 g/mol. The first-order valence-electron chi connectivity index (χ1n) is 8.17. The molecule has 0 unspecified atom stereocenters. The monoisotopic (exact) mass is 393 g/mol. The predicted molar refractivity (Wildman–Crippen MR) is 97.3 cm³/mol. The summed E-state index contributed by atoms with van der Waals surface area (Å²) < 4.78 is 28.3. The summed E-state index contributed by atoms with van der Waals surface area (Å²) in [4.78, 5) is 17.8. The zero-order chi connectivity index (χ0) is 19.7. The van der Waals surface area contributed by atoms with E-state index in [0.717, 1.165) is 21.6 Å². The molecule has 3 aromatic rings. The van der Waals surface area contributed by atoms with Crippen molar-refractivity contribution >= 4 is 17.5 Å². The smallest absolute Gasteiger partial charge is 0.319 e. The zero-order valence-corrected chi connectivity index (χ0v) is 15.8. The molecular weight excluding hydrogens is 376 g/mol. The molecule has 27 heavy (non-hydrogen) atoms. The van der Waals surface area contributed by atoms with E-state index < -0.39 is 6.55 Å². The average Bonchev–Trinajstić information content (AvgIpc) is 3.21. The van der Waals surface area contributed by atoms with Gasteiger partial charge in [-0.1, -0.05) is 11.6 Å². The summed E-state index contributed by atoms with van der Waals surface area (Å²) in [6, 6.07) is 6.85. The molecule has 0 fully saturated rings. The molecule has 0 aliphatic heterocycles. The van der Waals surface area contributed by atoms with Gasteiger partial charge in [0.2, 0.25) is 0 Å². The van der Waals surface area contributed by atoms with Crippen molar-refractivity contribution in [2.24, 2.45) is 0 Å². The van der Waals surface area contributed by atoms with Gasteiger partial charge in [0.1, 0.15) is 5.82 Å². The van der Waals surface area contributed by atoms with Crippen LogP contribution in [-0.4, -0.2) is 37.2 Å². The number of carbonyl (C=O) groups excluding carboxylic acids is 1. The second-order valence-corrected chi connectivity index (χ2v) is 6.51. The molecule has 0 radical (unpaired) electrons. The van der Waals surface area contributed by atoms with Crippen LogP contribution < -0.4 is 0 Å². The van der Waals surface area contributed by atoms with Gasteiger partial charge in [-0.15, -0.1) is 0 Å². The minimum atomic E-state index is -2.70. The quantitative estimate of drug-likeness (QED) is 0.658. The number of hydrogen-bond acceptors (Lipinski definition) is 3. The topological polar surface area (TPSA) is 56.0 Å². The number of imidazole rings is 1. The molecule has 0 spiro atoms. The molecular formula is C18H18ClF2N5O. The molecule has 6 nitrogen and oxygen atoms in total. The van der Waals surface area contributed by atoms with E-state index in [1.165, 1.54) is 17.3 Å². The zero-order valence-electron chi connectivity index (χ0n) is 15.0. The highest BCUT2D eigenvalue weighted by Gasteiger charge is 2.18. The summed E-state index contributed by atoms with van der Waals surface area (Å²) in [7, 11) is 1.54. The van der Waals surface area contributed by atoms with Crippen molar-refractivity contribution in [3.63, 3.8) is 0 Å². The molecule has 2 heterocycles. The summed E-state index contributed by atoms with van der Waals surface area (Å²) in [6.45, 7) is 0.964. The van der Waals surface area contributed by atoms with E-state index >= 15 is 0 Å². The summed E-state index contributed by atoms with van der Waals surface area (Å²) >= 11 is 6.17. The summed E-state index contributed by atoms with van der Waals surface area (Å²) in [6.07, 6.45) is 2.47. The number of aryl methyl sites for hydroxylation is 1. The Morgan fingerprint density at radius 2 is 1.93 bits per heavy atom. The number of alkyl halides is 2. The van der Waals surface area contributed by atoms with E-state index in [1.807, 2.05) is 13.8 Å². The first kappa shape index (κ1) is 19.0. The van der Waals surface area contributed by atoms with Crippen molar-refractivity contribution in [2.75, 3.05) is 7.05 Å². The largest absolute Gasteiger partial charge is 0.334 e. The van der Waals surface area contributed by atoms with Crippen LogP contribution in [-0.2, 0) is 6.54 Å². The van der Waals surface area contributed by atoms with Gasteiger partial charge < -0.3 is 4.90 Å². The molecule has 0 saturated carbocycles. The number of hydrogen-bond donors (Lipinski definition) is 0. The third-order valence-electron chi connectivity index (χ3n) is 4.25. The molecule has 0 aliphatic carbocycles. The van der Waals surface area contributed by atoms with Gasteiger partial charge in [0.15, 0.2) is 0 Å². The van der Waals surface area contributed by atoms with Crippen LogP contribution in [0.1, 0.15) is 34.1 Å². The number of benzene rings is 1. The van der Waals surface area contributed by atoms with Gasteiger partial charge in [0, 0.05) is 25.0 Å². The highest BCUT2D eigenvalue weighted by molar-refractivity contribution is 6.31. The summed E-state index contributed by atoms with van der Waals surface area (Å²) in [5.74, 6) is -0.175. The lowest BCUT2D eigenvalue weighted by molar-refractivity contribution is 0.0612. The highest BCUT2D eigenvalue weighted by Crippen LogP contribution is 2.23. The first-order valence-corrected chi connectivity index (χ1v) is 8.55. The van der Waals surface area contributed by atoms with Crippen molar-refractivity contribution in [1.29, 1.82) is 0 Å². The van der Waals surface area contributed by atoms with Gasteiger partial charge in [0.05, 0.1) is 28.6 Å². The Hall–Kier alpha value is -2.74. The number of aromatic nitrogens is 4. The lowest BCUT2D eigenvalue weighted by Gasteiger charge is -2.18. The third kappa shape index (κ3) is 3.71. The van der Waals surface area contributed by atoms with Crippen LogP contribution in [0.3, 0.4) is 0 Å². The van der Waals surface area contributed by atoms with Crippen LogP contribution in [0.15, 0.2) is 36.7 Å². The normalized spacial score (nSPS) is 11.2. The van der Waals surface area contributed by atoms with Crippen LogP contribution in [0.25, 0.3) is 5.69 Å². The highest BCUT2D eigenvalue weighted by atomic mass is 35.5. The molecule has 0 aliphatic rings. The Kier molecular flexibility index (Phi) is 5.27. The van der Waals surface area contributed by atoms with Gasteiger partial charge in [-0.25, -0.2) is 9.67 Å². The molecule has 9 heteroatoms. The van der Waals surface area contributed by atoms with Gasteiger partial charge in [-0.2, -0.15) is 13.9 Å². The maximum absolute atomic E-state index is 12.9. The van der Waals surface area contributed by atoms with Crippen LogP contribution in [0.4, 0.5) is 8.78 Å². The Morgan fingerprint density at radius 1 is 1.26 bits per heavy atom. The number of amides is 1. The molecule has 1 amide bonds. The fraction of sp³-hybridized carbons (Fsp3) is 0.278. The minimum Gasteiger partial charge on any atom is -0.334 e. The molecule has 3 rings (SSSR count). The van der Waals surface area contributed by atoms with Crippen LogP contribution in [0.2, 0.25) is 5.02 Å². The number of halogens is 3. The molecule has 0 bridgehead atoms. The van der Waals surface area contributed by atoms with Crippen LogP contribution in [0, 0.1) is 13.8 Å². The van der Waals surface area contributed by atoms with Crippen molar-refractivity contribution in [3.05, 3.63) is 64.5 Å². The van der Waals surface area contributed by atoms with Gasteiger partial charge >= 0.3 is 6.55 Å². The predicted octanol–water partition coefficient (Wildman–Crippen LogP) is 4.01. The Labute approximate surface area is 160 Å². The van der Waals surface area contributed by atoms with Gasteiger partial charge in [-0.3, -0.25) is 9.36 Å². The van der Waals surface area contributed by atoms with E-state index in [9.17, 15) is 13.6 Å². The van der Waals surface area contributed by atoms with Crippen molar-refractivity contribution < 1.29 is 13.6 Å². The van der Waals surface area contributed by atoms with Crippen LogP contribution >= 0.6 is 11.6 Å². The van der Waals surface area contributed by atoms with Crippen molar-refractivity contribution in [1.82, 2.24) is 24.2 Å². The SMILES string of the molecule is Cc1nn(-c2ccc(C(=O)N(C)Cc3nccn3C(F)F)cc2)c(C)c1Cl. The fourth-order valence-corrected chi connectivity index (χ4v) is 2.89. The molecule has 0 saturated heterocycles. The maximum atomic E-state index is 12.9. The lowest BCUT2D eigenvalue weighted by Crippen LogP contribution is -2.27. The first-order chi connectivity index (χ1) is 12.8. The standard InChI is InChI=1S/C18H18ClF2N5O/c1-11-16(19)12(2)26(23-11)14-6-4-13(5-7-14)17(27)24(3)10-15-22-8-9-25(15)18(20)21/h4-9,18H,10H2,1-3H3. The molecule has 142 valence electrons. The Bertz CT molecular complexity index is 965.